The smallest absolute Gasteiger partial charge is 0.339 e. The summed E-state index contributed by atoms with van der Waals surface area (Å²) in [6.45, 7) is 8.08. The summed E-state index contributed by atoms with van der Waals surface area (Å²) < 4.78 is 5.43. The average molecular weight is 220 g/mol. The van der Waals surface area contributed by atoms with E-state index in [1.807, 2.05) is 38.2 Å². The first-order valence-electron chi connectivity index (χ1n) is 5.86. The van der Waals surface area contributed by atoms with Crippen LogP contribution in [0.3, 0.4) is 0 Å². The van der Waals surface area contributed by atoms with Crippen LogP contribution >= 0.6 is 0 Å². The molecule has 0 N–H and O–H groups in total. The van der Waals surface area contributed by atoms with Crippen LogP contribution in [0, 0.1) is 5.92 Å². The van der Waals surface area contributed by atoms with Crippen LogP contribution in [0.25, 0.3) is 0 Å². The number of esters is 1. The molecule has 88 valence electrons. The second kappa shape index (κ2) is 5.69. The topological polar surface area (TPSA) is 26.3 Å². The minimum Gasteiger partial charge on any atom is -0.454 e. The average Bonchev–Trinajstić information content (AvgIpc) is 2.58. The van der Waals surface area contributed by atoms with Crippen LogP contribution in [0.4, 0.5) is 0 Å². The van der Waals surface area contributed by atoms with Crippen LogP contribution in [-0.4, -0.2) is 12.1 Å². The molecule has 0 amide bonds. The lowest BCUT2D eigenvalue weighted by atomic mass is 9.93. The summed E-state index contributed by atoms with van der Waals surface area (Å²) in [5.41, 5.74) is 1.71. The maximum Gasteiger partial charge on any atom is 0.339 e. The van der Waals surface area contributed by atoms with E-state index < -0.39 is 0 Å². The predicted octanol–water partition coefficient (Wildman–Crippen LogP) is 3.41. The number of allylic oxidation sites excluding steroid dienone is 2. The number of hydrogen-bond donors (Lipinski definition) is 0. The van der Waals surface area contributed by atoms with E-state index in [1.54, 1.807) is 0 Å². The van der Waals surface area contributed by atoms with Crippen LogP contribution in [0.5, 0.6) is 0 Å². The summed E-state index contributed by atoms with van der Waals surface area (Å²) in [5.74, 6) is 0.161. The van der Waals surface area contributed by atoms with Crippen LogP contribution in [0.15, 0.2) is 35.5 Å². The van der Waals surface area contributed by atoms with Crippen LogP contribution < -0.4 is 0 Å². The van der Waals surface area contributed by atoms with Crippen molar-refractivity contribution >= 4 is 5.97 Å². The minimum atomic E-state index is -0.198. The Morgan fingerprint density at radius 2 is 1.94 bits per heavy atom. The molecule has 1 rings (SSSR count). The summed E-state index contributed by atoms with van der Waals surface area (Å²) >= 11 is 0. The SMILES string of the molecule is C/C=C\C1=C(/C=C\C)C(C(C)CC)OC1=O. The third-order valence-corrected chi connectivity index (χ3v) is 2.91. The second-order valence-corrected chi connectivity index (χ2v) is 4.08. The van der Waals surface area contributed by atoms with Gasteiger partial charge < -0.3 is 4.74 Å². The molecule has 0 aromatic carbocycles. The summed E-state index contributed by atoms with van der Waals surface area (Å²) in [7, 11) is 0. The van der Waals surface area contributed by atoms with E-state index >= 15 is 0 Å². The molecule has 1 aliphatic rings. The van der Waals surface area contributed by atoms with Gasteiger partial charge in [-0.3, -0.25) is 0 Å². The summed E-state index contributed by atoms with van der Waals surface area (Å²) in [6, 6.07) is 0. The van der Waals surface area contributed by atoms with Crippen molar-refractivity contribution in [1.82, 2.24) is 0 Å². The molecular formula is C14H20O2. The zero-order valence-electron chi connectivity index (χ0n) is 10.5. The molecule has 1 heterocycles. The Hall–Kier alpha value is -1.31. The van der Waals surface area contributed by atoms with Crippen LogP contribution in [-0.2, 0) is 9.53 Å². The van der Waals surface area contributed by atoms with E-state index in [4.69, 9.17) is 4.74 Å². The van der Waals surface area contributed by atoms with Gasteiger partial charge in [0, 0.05) is 5.57 Å². The number of hydrogen-bond acceptors (Lipinski definition) is 2. The van der Waals surface area contributed by atoms with Crippen LogP contribution in [0.1, 0.15) is 34.1 Å². The molecule has 2 unspecified atom stereocenters. The van der Waals surface area contributed by atoms with Gasteiger partial charge in [0.15, 0.2) is 0 Å². The number of ether oxygens (including phenoxy) is 1. The quantitative estimate of drug-likeness (QED) is 0.679. The van der Waals surface area contributed by atoms with E-state index in [0.29, 0.717) is 11.5 Å². The molecule has 16 heavy (non-hydrogen) atoms. The molecule has 1 aliphatic heterocycles. The Morgan fingerprint density at radius 1 is 1.31 bits per heavy atom. The number of rotatable bonds is 4. The van der Waals surface area contributed by atoms with Gasteiger partial charge in [-0.05, 0) is 26.2 Å². The molecule has 0 spiro atoms. The molecule has 0 bridgehead atoms. The highest BCUT2D eigenvalue weighted by atomic mass is 16.5. The van der Waals surface area contributed by atoms with Gasteiger partial charge in [-0.2, -0.15) is 0 Å². The predicted molar refractivity (Wildman–Crippen MR) is 66.0 cm³/mol. The first-order valence-corrected chi connectivity index (χ1v) is 5.86. The van der Waals surface area contributed by atoms with Gasteiger partial charge >= 0.3 is 5.97 Å². The maximum atomic E-state index is 11.7. The molecule has 0 radical (unpaired) electrons. The van der Waals surface area contributed by atoms with Crippen molar-refractivity contribution in [3.63, 3.8) is 0 Å². The first-order chi connectivity index (χ1) is 7.65. The van der Waals surface area contributed by atoms with Crippen molar-refractivity contribution in [3.8, 4) is 0 Å². The van der Waals surface area contributed by atoms with Gasteiger partial charge in [-0.15, -0.1) is 0 Å². The molecule has 0 aliphatic carbocycles. The second-order valence-electron chi connectivity index (χ2n) is 4.08. The third-order valence-electron chi connectivity index (χ3n) is 2.91. The Morgan fingerprint density at radius 3 is 2.44 bits per heavy atom. The van der Waals surface area contributed by atoms with Gasteiger partial charge in [0.05, 0.1) is 5.57 Å². The highest BCUT2D eigenvalue weighted by molar-refractivity contribution is 5.96. The van der Waals surface area contributed by atoms with Crippen molar-refractivity contribution in [2.75, 3.05) is 0 Å². The van der Waals surface area contributed by atoms with Crippen molar-refractivity contribution in [2.45, 2.75) is 40.2 Å². The monoisotopic (exact) mass is 220 g/mol. The number of carbonyl (C=O) groups excluding carboxylic acids is 1. The molecule has 2 heteroatoms. The van der Waals surface area contributed by atoms with E-state index in [1.165, 1.54) is 0 Å². The summed E-state index contributed by atoms with van der Waals surface area (Å²) in [6.07, 6.45) is 8.56. The lowest BCUT2D eigenvalue weighted by Gasteiger charge is -2.18. The van der Waals surface area contributed by atoms with Gasteiger partial charge in [0.1, 0.15) is 6.10 Å². The number of cyclic esters (lactones) is 1. The molecule has 0 fully saturated rings. The normalized spacial score (nSPS) is 23.5. The van der Waals surface area contributed by atoms with Crippen molar-refractivity contribution < 1.29 is 9.53 Å². The third kappa shape index (κ3) is 2.43. The molecule has 2 nitrogen and oxygen atoms in total. The highest BCUT2D eigenvalue weighted by Crippen LogP contribution is 2.31. The Bertz CT molecular complexity index is 348. The minimum absolute atomic E-state index is 0.0834. The fourth-order valence-corrected chi connectivity index (χ4v) is 1.85. The first kappa shape index (κ1) is 12.8. The van der Waals surface area contributed by atoms with Crippen molar-refractivity contribution in [3.05, 3.63) is 35.5 Å². The Labute approximate surface area is 97.7 Å². The zero-order chi connectivity index (χ0) is 12.1. The Kier molecular flexibility index (Phi) is 4.53. The van der Waals surface area contributed by atoms with Gasteiger partial charge in [0.2, 0.25) is 0 Å². The summed E-state index contributed by atoms with van der Waals surface area (Å²) in [4.78, 5) is 11.7. The molecule has 0 aromatic rings. The van der Waals surface area contributed by atoms with Gasteiger partial charge in [0.25, 0.3) is 0 Å². The van der Waals surface area contributed by atoms with Crippen molar-refractivity contribution in [2.24, 2.45) is 5.92 Å². The van der Waals surface area contributed by atoms with E-state index in [-0.39, 0.29) is 12.1 Å². The molecule has 2 atom stereocenters. The maximum absolute atomic E-state index is 11.7. The summed E-state index contributed by atoms with van der Waals surface area (Å²) in [5, 5.41) is 0. The fourth-order valence-electron chi connectivity index (χ4n) is 1.85. The van der Waals surface area contributed by atoms with Crippen LogP contribution in [0.2, 0.25) is 0 Å². The van der Waals surface area contributed by atoms with E-state index in [2.05, 4.69) is 13.8 Å². The molecule has 0 saturated heterocycles. The molecular weight excluding hydrogens is 200 g/mol. The largest absolute Gasteiger partial charge is 0.454 e. The standard InChI is InChI=1S/C14H20O2/c1-5-8-11-12(9-6-2)14(15)16-13(11)10(4)7-3/h5-6,8-10,13H,7H2,1-4H3/b8-5-,9-6-. The van der Waals surface area contributed by atoms with E-state index in [9.17, 15) is 4.79 Å². The van der Waals surface area contributed by atoms with Gasteiger partial charge in [-0.25, -0.2) is 4.79 Å². The van der Waals surface area contributed by atoms with E-state index in [0.717, 1.165) is 12.0 Å². The zero-order valence-corrected chi connectivity index (χ0v) is 10.5. The highest BCUT2D eigenvalue weighted by Gasteiger charge is 2.33. The lowest BCUT2D eigenvalue weighted by Crippen LogP contribution is -2.19. The Balaban J connectivity index is 3.12. The van der Waals surface area contributed by atoms with Crippen molar-refractivity contribution in [1.29, 1.82) is 0 Å². The lowest BCUT2D eigenvalue weighted by molar-refractivity contribution is -0.141. The molecule has 0 aromatic heterocycles. The molecule has 0 saturated carbocycles. The fraction of sp³-hybridized carbons (Fsp3) is 0.500. The number of carbonyl (C=O) groups is 1. The van der Waals surface area contributed by atoms with Gasteiger partial charge in [-0.1, -0.05) is 38.2 Å².